The van der Waals surface area contributed by atoms with Gasteiger partial charge in [0.15, 0.2) is 6.61 Å². The highest BCUT2D eigenvalue weighted by molar-refractivity contribution is 6.30. The van der Waals surface area contributed by atoms with E-state index in [2.05, 4.69) is 5.32 Å². The van der Waals surface area contributed by atoms with Gasteiger partial charge in [0.2, 0.25) is 0 Å². The highest BCUT2D eigenvalue weighted by atomic mass is 35.5. The number of ether oxygens (including phenoxy) is 1. The molecule has 3 N–H and O–H groups in total. The lowest BCUT2D eigenvalue weighted by molar-refractivity contribution is -0.122. The number of carbonyl (C=O) groups excluding carboxylic acids is 1. The topological polar surface area (TPSA) is 64.3 Å². The molecule has 15 heavy (non-hydrogen) atoms. The zero-order valence-electron chi connectivity index (χ0n) is 8.42. The molecule has 0 aliphatic heterocycles. The Morgan fingerprint density at radius 1 is 1.60 bits per heavy atom. The highest BCUT2D eigenvalue weighted by Gasteiger charge is 2.04. The second-order valence-electron chi connectivity index (χ2n) is 2.92. The van der Waals surface area contributed by atoms with E-state index in [4.69, 9.17) is 22.1 Å². The molecule has 0 spiro atoms. The monoisotopic (exact) mass is 228 g/mol. The van der Waals surface area contributed by atoms with Gasteiger partial charge in [-0.3, -0.25) is 4.79 Å². The number of hydrogen-bond donors (Lipinski definition) is 2. The molecule has 0 unspecified atom stereocenters. The number of nitrogens with two attached hydrogens (primary N) is 1. The lowest BCUT2D eigenvalue weighted by Gasteiger charge is -2.08. The number of rotatable bonds is 4. The van der Waals surface area contributed by atoms with E-state index in [9.17, 15) is 4.79 Å². The van der Waals surface area contributed by atoms with Crippen LogP contribution in [0, 0.1) is 0 Å². The summed E-state index contributed by atoms with van der Waals surface area (Å²) in [6.07, 6.45) is 0. The quantitative estimate of drug-likeness (QED) is 0.767. The van der Waals surface area contributed by atoms with E-state index in [1.54, 1.807) is 18.2 Å². The minimum Gasteiger partial charge on any atom is -0.482 e. The number of nitrogen functional groups attached to an aromatic ring is 1. The summed E-state index contributed by atoms with van der Waals surface area (Å²) in [7, 11) is 0. The largest absolute Gasteiger partial charge is 0.482 e. The maximum Gasteiger partial charge on any atom is 0.257 e. The Kier molecular flexibility index (Phi) is 4.24. The van der Waals surface area contributed by atoms with Crippen LogP contribution in [-0.4, -0.2) is 19.1 Å². The predicted molar refractivity (Wildman–Crippen MR) is 60.0 cm³/mol. The zero-order valence-corrected chi connectivity index (χ0v) is 9.17. The molecule has 0 aliphatic carbocycles. The number of benzene rings is 1. The predicted octanol–water partition coefficient (Wildman–Crippen LogP) is 1.44. The highest BCUT2D eigenvalue weighted by Crippen LogP contribution is 2.24. The Morgan fingerprint density at radius 2 is 2.33 bits per heavy atom. The molecular formula is C10H13ClN2O2. The zero-order chi connectivity index (χ0) is 11.3. The number of hydrogen-bond acceptors (Lipinski definition) is 3. The molecule has 0 heterocycles. The first-order chi connectivity index (χ1) is 7.13. The number of carbonyl (C=O) groups is 1. The number of anilines is 1. The van der Waals surface area contributed by atoms with Crippen LogP contribution in [0.4, 0.5) is 5.69 Å². The first-order valence-corrected chi connectivity index (χ1v) is 4.95. The molecule has 0 saturated heterocycles. The van der Waals surface area contributed by atoms with Crippen molar-refractivity contribution < 1.29 is 9.53 Å². The SMILES string of the molecule is CCNC(=O)COc1cc(Cl)ccc1N. The van der Waals surface area contributed by atoms with E-state index >= 15 is 0 Å². The van der Waals surface area contributed by atoms with E-state index < -0.39 is 0 Å². The van der Waals surface area contributed by atoms with Crippen molar-refractivity contribution in [2.45, 2.75) is 6.92 Å². The van der Waals surface area contributed by atoms with Gasteiger partial charge in [0.25, 0.3) is 5.91 Å². The average molecular weight is 229 g/mol. The first-order valence-electron chi connectivity index (χ1n) is 4.58. The second-order valence-corrected chi connectivity index (χ2v) is 3.36. The van der Waals surface area contributed by atoms with Gasteiger partial charge < -0.3 is 15.8 Å². The summed E-state index contributed by atoms with van der Waals surface area (Å²) in [4.78, 5) is 11.1. The van der Waals surface area contributed by atoms with Crippen LogP contribution in [0.15, 0.2) is 18.2 Å². The normalized spacial score (nSPS) is 9.73. The number of nitrogens with one attached hydrogen (secondary N) is 1. The third-order valence-electron chi connectivity index (χ3n) is 1.71. The Labute approximate surface area is 93.4 Å². The van der Waals surface area contributed by atoms with Gasteiger partial charge in [-0.15, -0.1) is 0 Å². The Bertz CT molecular complexity index is 355. The molecule has 1 amide bonds. The van der Waals surface area contributed by atoms with Crippen molar-refractivity contribution in [3.63, 3.8) is 0 Å². The Morgan fingerprint density at radius 3 is 3.00 bits per heavy atom. The molecule has 0 radical (unpaired) electrons. The first kappa shape index (κ1) is 11.7. The average Bonchev–Trinajstić information content (AvgIpc) is 2.20. The molecule has 1 rings (SSSR count). The van der Waals surface area contributed by atoms with E-state index in [1.807, 2.05) is 6.92 Å². The van der Waals surface area contributed by atoms with Crippen LogP contribution in [0.1, 0.15) is 6.92 Å². The summed E-state index contributed by atoms with van der Waals surface area (Å²) in [5.41, 5.74) is 6.10. The molecule has 5 heteroatoms. The molecule has 1 aromatic rings. The van der Waals surface area contributed by atoms with Crippen LogP contribution in [-0.2, 0) is 4.79 Å². The summed E-state index contributed by atoms with van der Waals surface area (Å²) in [6, 6.07) is 4.88. The lowest BCUT2D eigenvalue weighted by atomic mass is 10.3. The van der Waals surface area contributed by atoms with Gasteiger partial charge >= 0.3 is 0 Å². The summed E-state index contributed by atoms with van der Waals surface area (Å²) in [5.74, 6) is 0.241. The van der Waals surface area contributed by atoms with Gasteiger partial charge in [-0.2, -0.15) is 0 Å². The fourth-order valence-corrected chi connectivity index (χ4v) is 1.19. The van der Waals surface area contributed by atoms with Gasteiger partial charge in [0.1, 0.15) is 5.75 Å². The number of likely N-dealkylation sites (N-methyl/N-ethyl adjacent to an activating group) is 1. The van der Waals surface area contributed by atoms with Crippen LogP contribution in [0.3, 0.4) is 0 Å². The molecular weight excluding hydrogens is 216 g/mol. The number of amides is 1. The third kappa shape index (κ3) is 3.67. The standard InChI is InChI=1S/C10H13ClN2O2/c1-2-13-10(14)6-15-9-5-7(11)3-4-8(9)12/h3-5H,2,6,12H2,1H3,(H,13,14). The van der Waals surface area contributed by atoms with Crippen molar-refractivity contribution in [1.29, 1.82) is 0 Å². The van der Waals surface area contributed by atoms with Gasteiger partial charge in [-0.25, -0.2) is 0 Å². The van der Waals surface area contributed by atoms with E-state index in [-0.39, 0.29) is 12.5 Å². The van der Waals surface area contributed by atoms with Crippen molar-refractivity contribution in [2.24, 2.45) is 0 Å². The van der Waals surface area contributed by atoms with Crippen LogP contribution >= 0.6 is 11.6 Å². The van der Waals surface area contributed by atoms with Crippen molar-refractivity contribution >= 4 is 23.2 Å². The molecule has 4 nitrogen and oxygen atoms in total. The van der Waals surface area contributed by atoms with Crippen molar-refractivity contribution in [3.8, 4) is 5.75 Å². The molecule has 0 fully saturated rings. The van der Waals surface area contributed by atoms with Crippen molar-refractivity contribution in [3.05, 3.63) is 23.2 Å². The maximum absolute atomic E-state index is 11.1. The van der Waals surface area contributed by atoms with Crippen LogP contribution in [0.2, 0.25) is 5.02 Å². The fourth-order valence-electron chi connectivity index (χ4n) is 1.02. The summed E-state index contributed by atoms with van der Waals surface area (Å²) in [5, 5.41) is 3.14. The Balaban J connectivity index is 2.57. The molecule has 0 aromatic heterocycles. The molecule has 0 aliphatic rings. The fraction of sp³-hybridized carbons (Fsp3) is 0.300. The van der Waals surface area contributed by atoms with Gasteiger partial charge in [0, 0.05) is 17.6 Å². The molecule has 0 saturated carbocycles. The van der Waals surface area contributed by atoms with Crippen molar-refractivity contribution in [2.75, 3.05) is 18.9 Å². The molecule has 82 valence electrons. The molecule has 1 aromatic carbocycles. The van der Waals surface area contributed by atoms with Crippen LogP contribution in [0.25, 0.3) is 0 Å². The van der Waals surface area contributed by atoms with E-state index in [0.717, 1.165) is 0 Å². The van der Waals surface area contributed by atoms with Crippen molar-refractivity contribution in [1.82, 2.24) is 5.32 Å². The summed E-state index contributed by atoms with van der Waals surface area (Å²) in [6.45, 7) is 2.36. The minimum atomic E-state index is -0.183. The van der Waals surface area contributed by atoms with Gasteiger partial charge in [0.05, 0.1) is 5.69 Å². The van der Waals surface area contributed by atoms with Crippen LogP contribution in [0.5, 0.6) is 5.75 Å². The van der Waals surface area contributed by atoms with E-state index in [0.29, 0.717) is 23.0 Å². The summed E-state index contributed by atoms with van der Waals surface area (Å²) < 4.78 is 5.21. The third-order valence-corrected chi connectivity index (χ3v) is 1.94. The Hall–Kier alpha value is -1.42. The van der Waals surface area contributed by atoms with E-state index in [1.165, 1.54) is 0 Å². The van der Waals surface area contributed by atoms with Crippen LogP contribution < -0.4 is 15.8 Å². The smallest absolute Gasteiger partial charge is 0.257 e. The minimum absolute atomic E-state index is 0.0572. The maximum atomic E-state index is 11.1. The molecule has 0 bridgehead atoms. The molecule has 0 atom stereocenters. The lowest BCUT2D eigenvalue weighted by Crippen LogP contribution is -2.28. The van der Waals surface area contributed by atoms with Gasteiger partial charge in [-0.1, -0.05) is 11.6 Å². The number of halogens is 1. The second kappa shape index (κ2) is 5.46. The summed E-state index contributed by atoms with van der Waals surface area (Å²) >= 11 is 5.76. The van der Waals surface area contributed by atoms with Gasteiger partial charge in [-0.05, 0) is 19.1 Å².